The lowest BCUT2D eigenvalue weighted by atomic mass is 10.1. The number of nitrogens with one attached hydrogen (secondary N) is 2. The molecule has 110 valence electrons. The van der Waals surface area contributed by atoms with Crippen LogP contribution in [-0.2, 0) is 4.79 Å². The van der Waals surface area contributed by atoms with Gasteiger partial charge in [0.05, 0.1) is 6.54 Å². The summed E-state index contributed by atoms with van der Waals surface area (Å²) in [4.78, 5) is 11.9. The fraction of sp³-hybridized carbons (Fsp3) is 0.188. The third kappa shape index (κ3) is 5.05. The van der Waals surface area contributed by atoms with Crippen LogP contribution in [0.4, 0.5) is 5.69 Å². The Morgan fingerprint density at radius 1 is 1.10 bits per heavy atom. The summed E-state index contributed by atoms with van der Waals surface area (Å²) in [7, 11) is 0. The molecule has 0 bridgehead atoms. The van der Waals surface area contributed by atoms with Crippen molar-refractivity contribution in [3.63, 3.8) is 0 Å². The number of carbonyl (C=O) groups excluding carboxylic acids is 1. The average Bonchev–Trinajstić information content (AvgIpc) is 2.47. The van der Waals surface area contributed by atoms with E-state index in [9.17, 15) is 4.79 Å². The zero-order chi connectivity index (χ0) is 15.2. The van der Waals surface area contributed by atoms with Gasteiger partial charge in [0, 0.05) is 21.8 Å². The van der Waals surface area contributed by atoms with Gasteiger partial charge in [0.2, 0.25) is 5.91 Å². The Labute approximate surface area is 134 Å². The van der Waals surface area contributed by atoms with Gasteiger partial charge >= 0.3 is 0 Å². The molecule has 0 saturated heterocycles. The van der Waals surface area contributed by atoms with Crippen molar-refractivity contribution < 1.29 is 4.79 Å². The molecule has 0 aromatic heterocycles. The quantitative estimate of drug-likeness (QED) is 0.862. The first-order valence-electron chi connectivity index (χ1n) is 6.59. The molecule has 1 unspecified atom stereocenters. The Morgan fingerprint density at radius 3 is 2.48 bits per heavy atom. The van der Waals surface area contributed by atoms with E-state index in [-0.39, 0.29) is 18.5 Å². The average molecular weight is 323 g/mol. The fourth-order valence-corrected chi connectivity index (χ4v) is 2.20. The first-order chi connectivity index (χ1) is 10.0. The Kier molecular flexibility index (Phi) is 5.62. The summed E-state index contributed by atoms with van der Waals surface area (Å²) in [5, 5.41) is 7.29. The summed E-state index contributed by atoms with van der Waals surface area (Å²) in [5.41, 5.74) is 1.77. The maximum atomic E-state index is 11.9. The van der Waals surface area contributed by atoms with Gasteiger partial charge in [-0.3, -0.25) is 4.79 Å². The molecule has 0 aliphatic heterocycles. The number of halogens is 2. The number of amides is 1. The molecular weight excluding hydrogens is 307 g/mol. The van der Waals surface area contributed by atoms with Gasteiger partial charge in [0.25, 0.3) is 0 Å². The molecule has 3 nitrogen and oxygen atoms in total. The van der Waals surface area contributed by atoms with E-state index in [1.54, 1.807) is 24.3 Å². The molecule has 2 aromatic carbocycles. The molecule has 0 radical (unpaired) electrons. The maximum Gasteiger partial charge on any atom is 0.238 e. The Morgan fingerprint density at radius 2 is 1.81 bits per heavy atom. The predicted octanol–water partition coefficient (Wildman–Crippen LogP) is 4.28. The van der Waals surface area contributed by atoms with Crippen LogP contribution in [0.3, 0.4) is 0 Å². The van der Waals surface area contributed by atoms with Gasteiger partial charge in [-0.05, 0) is 48.9 Å². The second-order valence-electron chi connectivity index (χ2n) is 4.71. The van der Waals surface area contributed by atoms with Gasteiger partial charge in [-0.15, -0.1) is 0 Å². The lowest BCUT2D eigenvalue weighted by molar-refractivity contribution is -0.115. The lowest BCUT2D eigenvalue weighted by Crippen LogP contribution is -2.30. The van der Waals surface area contributed by atoms with Crippen molar-refractivity contribution in [2.45, 2.75) is 13.0 Å². The van der Waals surface area contributed by atoms with E-state index in [0.717, 1.165) is 11.3 Å². The number of hydrogen-bond acceptors (Lipinski definition) is 2. The van der Waals surface area contributed by atoms with E-state index in [4.69, 9.17) is 23.2 Å². The van der Waals surface area contributed by atoms with Crippen LogP contribution in [0.2, 0.25) is 10.0 Å². The third-order valence-corrected chi connectivity index (χ3v) is 3.53. The summed E-state index contributed by atoms with van der Waals surface area (Å²) >= 11 is 11.7. The van der Waals surface area contributed by atoms with Crippen molar-refractivity contribution in [2.24, 2.45) is 0 Å². The summed E-state index contributed by atoms with van der Waals surface area (Å²) in [5.74, 6) is -0.105. The van der Waals surface area contributed by atoms with Crippen LogP contribution < -0.4 is 10.6 Å². The van der Waals surface area contributed by atoms with Gasteiger partial charge in [-0.25, -0.2) is 0 Å². The van der Waals surface area contributed by atoms with Crippen LogP contribution >= 0.6 is 23.2 Å². The molecular formula is C16H16Cl2N2O. The third-order valence-electron chi connectivity index (χ3n) is 3.05. The topological polar surface area (TPSA) is 41.1 Å². The van der Waals surface area contributed by atoms with E-state index in [1.165, 1.54) is 0 Å². The highest BCUT2D eigenvalue weighted by atomic mass is 35.5. The van der Waals surface area contributed by atoms with Crippen molar-refractivity contribution >= 4 is 34.8 Å². The minimum atomic E-state index is -0.105. The fourth-order valence-electron chi connectivity index (χ4n) is 1.88. The first kappa shape index (κ1) is 15.8. The Hall–Kier alpha value is -1.55. The standard InChI is InChI=1S/C16H16Cl2N2O/c1-11(12-3-2-4-14(18)9-12)19-10-16(21)20-15-7-5-13(17)6-8-15/h2-9,11,19H,10H2,1H3,(H,20,21). The van der Waals surface area contributed by atoms with E-state index < -0.39 is 0 Å². The van der Waals surface area contributed by atoms with Gasteiger partial charge in [-0.1, -0.05) is 35.3 Å². The SMILES string of the molecule is CC(NCC(=O)Nc1ccc(Cl)cc1)c1cccc(Cl)c1. The molecule has 5 heteroatoms. The summed E-state index contributed by atoms with van der Waals surface area (Å²) in [6.45, 7) is 2.21. The monoisotopic (exact) mass is 322 g/mol. The zero-order valence-corrected chi connectivity index (χ0v) is 13.1. The van der Waals surface area contributed by atoms with Crippen LogP contribution in [0.5, 0.6) is 0 Å². The van der Waals surface area contributed by atoms with Gasteiger partial charge in [0.15, 0.2) is 0 Å². The molecule has 0 saturated carbocycles. The molecule has 21 heavy (non-hydrogen) atoms. The van der Waals surface area contributed by atoms with E-state index in [1.807, 2.05) is 31.2 Å². The molecule has 2 N–H and O–H groups in total. The second-order valence-corrected chi connectivity index (χ2v) is 5.59. The molecule has 2 aromatic rings. The largest absolute Gasteiger partial charge is 0.325 e. The second kappa shape index (κ2) is 7.46. The molecule has 1 atom stereocenters. The maximum absolute atomic E-state index is 11.9. The van der Waals surface area contributed by atoms with E-state index >= 15 is 0 Å². The molecule has 0 fully saturated rings. The molecule has 1 amide bonds. The highest BCUT2D eigenvalue weighted by Gasteiger charge is 2.08. The first-order valence-corrected chi connectivity index (χ1v) is 7.34. The van der Waals surface area contributed by atoms with Crippen LogP contribution in [0.1, 0.15) is 18.5 Å². The number of carbonyl (C=O) groups is 1. The van der Waals surface area contributed by atoms with Crippen molar-refractivity contribution in [3.05, 3.63) is 64.1 Å². The van der Waals surface area contributed by atoms with Gasteiger partial charge < -0.3 is 10.6 Å². The number of rotatable bonds is 5. The van der Waals surface area contributed by atoms with Crippen LogP contribution in [0.25, 0.3) is 0 Å². The highest BCUT2D eigenvalue weighted by Crippen LogP contribution is 2.17. The molecule has 0 spiro atoms. The van der Waals surface area contributed by atoms with Gasteiger partial charge in [-0.2, -0.15) is 0 Å². The van der Waals surface area contributed by atoms with Crippen LogP contribution in [-0.4, -0.2) is 12.5 Å². The normalized spacial score (nSPS) is 12.0. The molecule has 0 aliphatic carbocycles. The van der Waals surface area contributed by atoms with Crippen molar-refractivity contribution in [1.82, 2.24) is 5.32 Å². The van der Waals surface area contributed by atoms with E-state index in [0.29, 0.717) is 10.0 Å². The summed E-state index contributed by atoms with van der Waals surface area (Å²) < 4.78 is 0. The minimum absolute atomic E-state index is 0.0414. The van der Waals surface area contributed by atoms with Crippen molar-refractivity contribution in [1.29, 1.82) is 0 Å². The van der Waals surface area contributed by atoms with Crippen molar-refractivity contribution in [2.75, 3.05) is 11.9 Å². The highest BCUT2D eigenvalue weighted by molar-refractivity contribution is 6.30. The summed E-state index contributed by atoms with van der Waals surface area (Å²) in [6.07, 6.45) is 0. The van der Waals surface area contributed by atoms with E-state index in [2.05, 4.69) is 10.6 Å². The summed E-state index contributed by atoms with van der Waals surface area (Å²) in [6, 6.07) is 14.6. The predicted molar refractivity (Wildman–Crippen MR) is 88.0 cm³/mol. The minimum Gasteiger partial charge on any atom is -0.325 e. The molecule has 0 heterocycles. The number of hydrogen-bond donors (Lipinski definition) is 2. The van der Waals surface area contributed by atoms with Crippen molar-refractivity contribution in [3.8, 4) is 0 Å². The number of benzene rings is 2. The Bertz CT molecular complexity index is 614. The zero-order valence-electron chi connectivity index (χ0n) is 11.6. The molecule has 2 rings (SSSR count). The number of anilines is 1. The van der Waals surface area contributed by atoms with Crippen LogP contribution in [0.15, 0.2) is 48.5 Å². The van der Waals surface area contributed by atoms with Crippen LogP contribution in [0, 0.1) is 0 Å². The smallest absolute Gasteiger partial charge is 0.238 e. The molecule has 0 aliphatic rings. The van der Waals surface area contributed by atoms with Gasteiger partial charge in [0.1, 0.15) is 0 Å². The lowest BCUT2D eigenvalue weighted by Gasteiger charge is -2.14. The Balaban J connectivity index is 1.84.